The van der Waals surface area contributed by atoms with Gasteiger partial charge in [-0.25, -0.2) is 9.97 Å². The molecular weight excluding hydrogens is 812 g/mol. The Labute approximate surface area is 367 Å². The molecule has 0 bridgehead atoms. The molecule has 7 rings (SSSR count). The summed E-state index contributed by atoms with van der Waals surface area (Å²) in [7, 11) is 0. The molecule has 0 saturated carbocycles. The zero-order valence-corrected chi connectivity index (χ0v) is 36.1. The van der Waals surface area contributed by atoms with Crippen molar-refractivity contribution in [2.45, 2.75) is 114 Å². The van der Waals surface area contributed by atoms with Gasteiger partial charge in [0, 0.05) is 68.4 Å². The predicted molar refractivity (Wildman–Crippen MR) is 234 cm³/mol. The number of aliphatic hydroxyl groups excluding tert-OH is 1. The molecule has 3 aromatic rings. The molecule has 0 spiro atoms. The topological polar surface area (TPSA) is 194 Å². The SMILES string of the molecule is C[C@@H]1C[C@@H](O)c2ncnc(N3CCN(C(=O)[C@H](CCCCNC(=O)CCCCCCCCNc4cccc5c4C(=O)N(C4CCC(=O)NC4=O)C5=O)c4ccc(Cl)cc4)CC3)c21. The highest BCUT2D eigenvalue weighted by atomic mass is 35.5. The fraction of sp³-hybridized carbons (Fsp3) is 0.522. The van der Waals surface area contributed by atoms with Crippen LogP contribution in [0.4, 0.5) is 11.5 Å². The number of benzene rings is 2. The second-order valence-electron chi connectivity index (χ2n) is 16.9. The van der Waals surface area contributed by atoms with Crippen molar-refractivity contribution in [2.75, 3.05) is 49.5 Å². The number of carbonyl (C=O) groups is 6. The van der Waals surface area contributed by atoms with Crippen molar-refractivity contribution in [1.82, 2.24) is 30.4 Å². The molecule has 2 saturated heterocycles. The van der Waals surface area contributed by atoms with Crippen molar-refractivity contribution in [3.8, 4) is 0 Å². The molecule has 2 fully saturated rings. The van der Waals surface area contributed by atoms with Crippen LogP contribution in [0.1, 0.15) is 146 Å². The number of aliphatic hydroxyl groups is 1. The van der Waals surface area contributed by atoms with Gasteiger partial charge in [0.15, 0.2) is 0 Å². The molecule has 2 aromatic carbocycles. The highest BCUT2D eigenvalue weighted by molar-refractivity contribution is 6.30. The number of hydrogen-bond donors (Lipinski definition) is 4. The zero-order chi connectivity index (χ0) is 43.8. The van der Waals surface area contributed by atoms with E-state index in [1.54, 1.807) is 18.2 Å². The second kappa shape index (κ2) is 20.6. The first-order chi connectivity index (χ1) is 30.0. The van der Waals surface area contributed by atoms with E-state index in [0.29, 0.717) is 74.9 Å². The fourth-order valence-electron chi connectivity index (χ4n) is 9.23. The summed E-state index contributed by atoms with van der Waals surface area (Å²) in [6, 6.07) is 11.6. The van der Waals surface area contributed by atoms with Crippen LogP contribution in [0.3, 0.4) is 0 Å². The summed E-state index contributed by atoms with van der Waals surface area (Å²) in [5, 5.41) is 19.6. The maximum Gasteiger partial charge on any atom is 0.264 e. The number of aromatic nitrogens is 2. The summed E-state index contributed by atoms with van der Waals surface area (Å²) in [5.74, 6) is -1.22. The van der Waals surface area contributed by atoms with Crippen LogP contribution in [0.5, 0.6) is 0 Å². The Kier molecular flexibility index (Phi) is 14.9. The maximum absolute atomic E-state index is 14.0. The van der Waals surface area contributed by atoms with Crippen LogP contribution in [0, 0.1) is 0 Å². The number of carbonyl (C=O) groups excluding carboxylic acids is 6. The normalized spacial score (nSPS) is 20.2. The number of piperazine rings is 1. The van der Waals surface area contributed by atoms with Crippen LogP contribution in [0.2, 0.25) is 5.02 Å². The maximum atomic E-state index is 14.0. The van der Waals surface area contributed by atoms with Gasteiger partial charge in [-0.2, -0.15) is 0 Å². The van der Waals surface area contributed by atoms with Gasteiger partial charge in [0.05, 0.1) is 28.8 Å². The molecule has 16 heteroatoms. The third kappa shape index (κ3) is 10.3. The number of anilines is 2. The Hall–Kier alpha value is -5.41. The monoisotopic (exact) mass is 868 g/mol. The highest BCUT2D eigenvalue weighted by Crippen LogP contribution is 2.43. The molecule has 1 aliphatic carbocycles. The lowest BCUT2D eigenvalue weighted by Gasteiger charge is -2.38. The molecule has 4 N–H and O–H groups in total. The zero-order valence-electron chi connectivity index (χ0n) is 35.4. The van der Waals surface area contributed by atoms with Gasteiger partial charge in [-0.05, 0) is 74.3 Å². The van der Waals surface area contributed by atoms with Gasteiger partial charge in [-0.1, -0.05) is 68.8 Å². The van der Waals surface area contributed by atoms with Gasteiger partial charge < -0.3 is 25.5 Å². The molecule has 1 aromatic heterocycles. The number of fused-ring (bicyclic) bond motifs is 2. The first-order valence-corrected chi connectivity index (χ1v) is 22.6. The van der Waals surface area contributed by atoms with Gasteiger partial charge in [0.25, 0.3) is 11.8 Å². The summed E-state index contributed by atoms with van der Waals surface area (Å²) < 4.78 is 0. The van der Waals surface area contributed by atoms with E-state index in [2.05, 4.69) is 37.7 Å². The van der Waals surface area contributed by atoms with Crippen LogP contribution in [0.25, 0.3) is 0 Å². The van der Waals surface area contributed by atoms with E-state index in [4.69, 9.17) is 11.6 Å². The largest absolute Gasteiger partial charge is 0.387 e. The van der Waals surface area contributed by atoms with E-state index in [9.17, 15) is 33.9 Å². The minimum atomic E-state index is -0.998. The Bertz CT molecular complexity index is 2140. The standard InChI is InChI=1S/C46H57ClN8O7/c1-29-27-36(56)41-39(29)42(51-28-50-41)53-23-25-54(26-24-53)44(60)32(30-15-17-31(47)18-16-30)11-7-9-22-49-37(57)14-6-4-2-3-5-8-21-48-34-13-10-12-33-40(34)46(62)55(45(33)61)35-19-20-38(58)52-43(35)59/h10,12-13,15-18,28-29,32,35-36,48,56H,2-9,11,14,19-27H2,1H3,(H,49,57)(H,52,58,59)/t29-,32-,35?,36-/m1/s1. The molecule has 15 nitrogen and oxygen atoms in total. The van der Waals surface area contributed by atoms with Crippen molar-refractivity contribution in [3.63, 3.8) is 0 Å². The fourth-order valence-corrected chi connectivity index (χ4v) is 9.36. The van der Waals surface area contributed by atoms with Gasteiger partial charge in [-0.15, -0.1) is 0 Å². The molecule has 3 aliphatic heterocycles. The molecule has 4 heterocycles. The number of nitrogens with one attached hydrogen (secondary N) is 3. The van der Waals surface area contributed by atoms with Crippen LogP contribution < -0.4 is 20.9 Å². The summed E-state index contributed by atoms with van der Waals surface area (Å²) in [6.07, 6.45) is 10.1. The smallest absolute Gasteiger partial charge is 0.264 e. The molecular formula is C46H57ClN8O7. The minimum Gasteiger partial charge on any atom is -0.387 e. The van der Waals surface area contributed by atoms with Crippen molar-refractivity contribution in [2.24, 2.45) is 0 Å². The van der Waals surface area contributed by atoms with Gasteiger partial charge in [0.2, 0.25) is 23.6 Å². The lowest BCUT2D eigenvalue weighted by Crippen LogP contribution is -2.54. The highest BCUT2D eigenvalue weighted by Gasteiger charge is 2.45. The number of halogens is 1. The van der Waals surface area contributed by atoms with Gasteiger partial charge >= 0.3 is 0 Å². The molecule has 0 radical (unpaired) electrons. The van der Waals surface area contributed by atoms with Gasteiger partial charge in [-0.3, -0.25) is 39.0 Å². The van der Waals surface area contributed by atoms with Crippen LogP contribution in [-0.2, 0) is 19.2 Å². The van der Waals surface area contributed by atoms with E-state index in [0.717, 1.165) is 73.2 Å². The van der Waals surface area contributed by atoms with Crippen molar-refractivity contribution >= 4 is 58.5 Å². The predicted octanol–water partition coefficient (Wildman–Crippen LogP) is 5.63. The molecule has 4 atom stereocenters. The Morgan fingerprint density at radius 3 is 2.37 bits per heavy atom. The van der Waals surface area contributed by atoms with Crippen molar-refractivity contribution in [1.29, 1.82) is 0 Å². The number of unbranched alkanes of at least 4 members (excludes halogenated alkanes) is 6. The average molecular weight is 869 g/mol. The van der Waals surface area contributed by atoms with E-state index < -0.39 is 35.8 Å². The lowest BCUT2D eigenvalue weighted by molar-refractivity contribution is -0.136. The van der Waals surface area contributed by atoms with E-state index in [1.165, 1.54) is 6.33 Å². The number of nitrogens with zero attached hydrogens (tertiary/aromatic N) is 5. The molecule has 6 amide bonds. The third-order valence-electron chi connectivity index (χ3n) is 12.6. The summed E-state index contributed by atoms with van der Waals surface area (Å²) >= 11 is 6.20. The molecule has 62 heavy (non-hydrogen) atoms. The average Bonchev–Trinajstić information content (AvgIpc) is 3.71. The summed E-state index contributed by atoms with van der Waals surface area (Å²) in [5.41, 5.74) is 3.75. The quantitative estimate of drug-likeness (QED) is 0.0862. The first-order valence-electron chi connectivity index (χ1n) is 22.2. The molecule has 330 valence electrons. The number of piperidine rings is 1. The minimum absolute atomic E-state index is 0.0372. The number of amides is 6. The molecule has 4 aliphatic rings. The second-order valence-corrected chi connectivity index (χ2v) is 17.3. The lowest BCUT2D eigenvalue weighted by atomic mass is 9.91. The Balaban J connectivity index is 0.766. The van der Waals surface area contributed by atoms with Crippen LogP contribution in [0.15, 0.2) is 48.8 Å². The van der Waals surface area contributed by atoms with Gasteiger partial charge in [0.1, 0.15) is 18.2 Å². The van der Waals surface area contributed by atoms with E-state index in [-0.39, 0.29) is 47.6 Å². The summed E-state index contributed by atoms with van der Waals surface area (Å²) in [4.78, 5) is 91.1. The van der Waals surface area contributed by atoms with Crippen molar-refractivity contribution < 1.29 is 33.9 Å². The number of hydrogen-bond acceptors (Lipinski definition) is 11. The number of imide groups is 2. The van der Waals surface area contributed by atoms with Crippen molar-refractivity contribution in [3.05, 3.63) is 81.8 Å². The Morgan fingerprint density at radius 1 is 0.887 bits per heavy atom. The first kappa shape index (κ1) is 44.6. The van der Waals surface area contributed by atoms with Crippen LogP contribution in [-0.4, -0.2) is 106 Å². The molecule has 1 unspecified atom stereocenters. The Morgan fingerprint density at radius 2 is 1.61 bits per heavy atom. The number of rotatable bonds is 19. The van der Waals surface area contributed by atoms with E-state index in [1.807, 2.05) is 29.2 Å². The van der Waals surface area contributed by atoms with Crippen LogP contribution >= 0.6 is 11.6 Å². The third-order valence-corrected chi connectivity index (χ3v) is 12.8. The summed E-state index contributed by atoms with van der Waals surface area (Å²) in [6.45, 7) is 5.71. The van der Waals surface area contributed by atoms with E-state index >= 15 is 0 Å².